The van der Waals surface area contributed by atoms with Gasteiger partial charge in [0.2, 0.25) is 10.0 Å². The third kappa shape index (κ3) is 2.74. The fraction of sp³-hybridized carbons (Fsp3) is 0.100. The van der Waals surface area contributed by atoms with Gasteiger partial charge in [-0.1, -0.05) is 0 Å². The van der Waals surface area contributed by atoms with E-state index in [-0.39, 0.29) is 10.8 Å². The maximum absolute atomic E-state index is 11.8. The monoisotopic (exact) mass is 267 g/mol. The van der Waals surface area contributed by atoms with Crippen LogP contribution in [-0.4, -0.2) is 13.4 Å². The van der Waals surface area contributed by atoms with Crippen LogP contribution in [0.15, 0.2) is 34.7 Å². The molecule has 2 rings (SSSR count). The van der Waals surface area contributed by atoms with E-state index < -0.39 is 10.0 Å². The van der Waals surface area contributed by atoms with Crippen molar-refractivity contribution >= 4 is 21.4 Å². The van der Waals surface area contributed by atoms with Crippen molar-refractivity contribution in [3.63, 3.8) is 0 Å². The third-order valence-corrected chi connectivity index (χ3v) is 4.95. The zero-order chi connectivity index (χ0) is 12.3. The van der Waals surface area contributed by atoms with E-state index >= 15 is 0 Å². The first-order valence-corrected chi connectivity index (χ1v) is 7.03. The normalized spacial score (nSPS) is 11.2. The molecule has 0 bridgehead atoms. The van der Waals surface area contributed by atoms with Crippen molar-refractivity contribution < 1.29 is 8.42 Å². The van der Waals surface area contributed by atoms with Gasteiger partial charge < -0.3 is 4.98 Å². The predicted octanol–water partition coefficient (Wildman–Crippen LogP) is 1.43. The summed E-state index contributed by atoms with van der Waals surface area (Å²) >= 11 is 0.955. The van der Waals surface area contributed by atoms with E-state index in [1.54, 1.807) is 18.3 Å². The molecule has 0 radical (unpaired) electrons. The zero-order valence-electron chi connectivity index (χ0n) is 8.67. The topological polar surface area (TPSA) is 85.8 Å². The van der Waals surface area contributed by atoms with Gasteiger partial charge in [0.15, 0.2) is 0 Å². The second-order valence-corrected chi connectivity index (χ2v) is 6.33. The van der Waals surface area contributed by atoms with E-state index in [1.807, 2.05) is 6.07 Å². The fourth-order valence-corrected chi connectivity index (χ4v) is 3.40. The number of hydrogen-bond acceptors (Lipinski definition) is 4. The maximum atomic E-state index is 11.8. The Bertz CT molecular complexity index is 635. The first-order valence-electron chi connectivity index (χ1n) is 4.74. The van der Waals surface area contributed by atoms with Gasteiger partial charge in [-0.15, -0.1) is 11.3 Å². The van der Waals surface area contributed by atoms with Crippen LogP contribution in [0.2, 0.25) is 0 Å². The average molecular weight is 267 g/mol. The molecule has 88 valence electrons. The van der Waals surface area contributed by atoms with Crippen LogP contribution in [0.3, 0.4) is 0 Å². The predicted molar refractivity (Wildman–Crippen MR) is 63.9 cm³/mol. The van der Waals surface area contributed by atoms with Crippen LogP contribution in [0.25, 0.3) is 0 Å². The van der Waals surface area contributed by atoms with E-state index in [9.17, 15) is 8.42 Å². The minimum absolute atomic E-state index is 0.153. The Morgan fingerprint density at radius 3 is 2.82 bits per heavy atom. The lowest BCUT2D eigenvalue weighted by molar-refractivity contribution is 0.583. The SMILES string of the molecule is N#Cc1ccc(S(=O)(=O)NCc2ccc[nH]2)s1. The number of thiophene rings is 1. The van der Waals surface area contributed by atoms with Crippen molar-refractivity contribution in [3.05, 3.63) is 41.0 Å². The van der Waals surface area contributed by atoms with Gasteiger partial charge in [0, 0.05) is 11.9 Å². The molecule has 0 spiro atoms. The number of nitrogens with zero attached hydrogens (tertiary/aromatic N) is 1. The minimum atomic E-state index is -3.53. The van der Waals surface area contributed by atoms with Gasteiger partial charge in [0.1, 0.15) is 15.2 Å². The van der Waals surface area contributed by atoms with Gasteiger partial charge in [0.25, 0.3) is 0 Å². The molecule has 0 saturated heterocycles. The molecule has 0 atom stereocenters. The van der Waals surface area contributed by atoms with E-state index in [0.717, 1.165) is 17.0 Å². The lowest BCUT2D eigenvalue weighted by Crippen LogP contribution is -2.22. The number of nitriles is 1. The van der Waals surface area contributed by atoms with Gasteiger partial charge in [-0.05, 0) is 24.3 Å². The van der Waals surface area contributed by atoms with Crippen molar-refractivity contribution in [2.24, 2.45) is 0 Å². The molecule has 0 amide bonds. The van der Waals surface area contributed by atoms with Crippen LogP contribution in [-0.2, 0) is 16.6 Å². The summed E-state index contributed by atoms with van der Waals surface area (Å²) in [6.07, 6.45) is 1.72. The van der Waals surface area contributed by atoms with Gasteiger partial charge >= 0.3 is 0 Å². The van der Waals surface area contributed by atoms with Crippen LogP contribution in [0, 0.1) is 11.3 Å². The summed E-state index contributed by atoms with van der Waals surface area (Å²) in [5, 5.41) is 8.64. The highest BCUT2D eigenvalue weighted by atomic mass is 32.2. The standard InChI is InChI=1S/C10H9N3O2S2/c11-6-9-3-4-10(16-9)17(14,15)13-7-8-2-1-5-12-8/h1-5,12-13H,7H2. The summed E-state index contributed by atoms with van der Waals surface area (Å²) in [5.74, 6) is 0. The summed E-state index contributed by atoms with van der Waals surface area (Å²) in [6, 6.07) is 8.42. The highest BCUT2D eigenvalue weighted by Crippen LogP contribution is 2.20. The van der Waals surface area contributed by atoms with Gasteiger partial charge in [0.05, 0.1) is 6.54 Å². The molecule has 0 aliphatic rings. The largest absolute Gasteiger partial charge is 0.364 e. The first kappa shape index (κ1) is 11.9. The molecule has 0 aliphatic heterocycles. The number of nitrogens with one attached hydrogen (secondary N) is 2. The summed E-state index contributed by atoms with van der Waals surface area (Å²) in [6.45, 7) is 0.203. The summed E-state index contributed by atoms with van der Waals surface area (Å²) in [5.41, 5.74) is 0.783. The first-order chi connectivity index (χ1) is 8.12. The second kappa shape index (κ2) is 4.71. The van der Waals surface area contributed by atoms with Crippen molar-refractivity contribution in [2.75, 3.05) is 0 Å². The van der Waals surface area contributed by atoms with Crippen LogP contribution in [0.5, 0.6) is 0 Å². The van der Waals surface area contributed by atoms with E-state index in [4.69, 9.17) is 5.26 Å². The average Bonchev–Trinajstić information content (AvgIpc) is 2.98. The fourth-order valence-electron chi connectivity index (χ4n) is 1.25. The van der Waals surface area contributed by atoms with Crippen molar-refractivity contribution in [2.45, 2.75) is 10.8 Å². The molecule has 5 nitrogen and oxygen atoms in total. The van der Waals surface area contributed by atoms with Crippen molar-refractivity contribution in [3.8, 4) is 6.07 Å². The van der Waals surface area contributed by atoms with E-state index in [2.05, 4.69) is 9.71 Å². The molecule has 2 heterocycles. The minimum Gasteiger partial charge on any atom is -0.364 e. The Morgan fingerprint density at radius 2 is 2.24 bits per heavy atom. The molecule has 2 aromatic rings. The molecular weight excluding hydrogens is 258 g/mol. The molecule has 7 heteroatoms. The Balaban J connectivity index is 2.11. The zero-order valence-corrected chi connectivity index (χ0v) is 10.3. The maximum Gasteiger partial charge on any atom is 0.250 e. The third-order valence-electron chi connectivity index (χ3n) is 2.07. The van der Waals surface area contributed by atoms with Gasteiger partial charge in [-0.3, -0.25) is 0 Å². The molecule has 0 aromatic carbocycles. The second-order valence-electron chi connectivity index (χ2n) is 3.25. The molecule has 17 heavy (non-hydrogen) atoms. The Hall–Kier alpha value is -1.62. The smallest absolute Gasteiger partial charge is 0.250 e. The van der Waals surface area contributed by atoms with Gasteiger partial charge in [-0.25, -0.2) is 13.1 Å². The highest BCUT2D eigenvalue weighted by molar-refractivity contribution is 7.91. The number of rotatable bonds is 4. The molecule has 0 saturated carbocycles. The Morgan fingerprint density at radius 1 is 1.41 bits per heavy atom. The highest BCUT2D eigenvalue weighted by Gasteiger charge is 2.16. The molecular formula is C10H9N3O2S2. The number of H-pyrrole nitrogens is 1. The van der Waals surface area contributed by atoms with E-state index in [1.165, 1.54) is 12.1 Å². The lowest BCUT2D eigenvalue weighted by Gasteiger charge is -2.02. The number of hydrogen-bond donors (Lipinski definition) is 2. The summed E-state index contributed by atoms with van der Waals surface area (Å²) in [4.78, 5) is 3.28. The van der Waals surface area contributed by atoms with Crippen LogP contribution >= 0.6 is 11.3 Å². The Kier molecular flexibility index (Phi) is 3.28. The van der Waals surface area contributed by atoms with Crippen molar-refractivity contribution in [1.29, 1.82) is 5.26 Å². The van der Waals surface area contributed by atoms with Gasteiger partial charge in [-0.2, -0.15) is 5.26 Å². The number of aromatic nitrogens is 1. The Labute approximate surface area is 103 Å². The number of aromatic amines is 1. The molecule has 2 N–H and O–H groups in total. The summed E-state index contributed by atoms with van der Waals surface area (Å²) in [7, 11) is -3.53. The van der Waals surface area contributed by atoms with Crippen LogP contribution < -0.4 is 4.72 Å². The van der Waals surface area contributed by atoms with Crippen molar-refractivity contribution in [1.82, 2.24) is 9.71 Å². The molecule has 0 unspecified atom stereocenters. The lowest BCUT2D eigenvalue weighted by atomic mass is 10.4. The quantitative estimate of drug-likeness (QED) is 0.878. The molecule has 0 fully saturated rings. The molecule has 2 aromatic heterocycles. The molecule has 0 aliphatic carbocycles. The number of sulfonamides is 1. The summed E-state index contributed by atoms with van der Waals surface area (Å²) < 4.78 is 26.3. The van der Waals surface area contributed by atoms with E-state index in [0.29, 0.717) is 4.88 Å². The van der Waals surface area contributed by atoms with Crippen LogP contribution in [0.4, 0.5) is 0 Å². The van der Waals surface area contributed by atoms with Crippen LogP contribution in [0.1, 0.15) is 10.6 Å².